The maximum atomic E-state index is 5.85. The summed E-state index contributed by atoms with van der Waals surface area (Å²) >= 11 is 0. The third-order valence-electron chi connectivity index (χ3n) is 17.1. The van der Waals surface area contributed by atoms with Crippen LogP contribution in [0.15, 0.2) is 267 Å². The van der Waals surface area contributed by atoms with Gasteiger partial charge in [-0.2, -0.15) is 4.98 Å². The van der Waals surface area contributed by atoms with E-state index in [1.54, 1.807) is 0 Å². The Morgan fingerprint density at radius 2 is 0.613 bits per heavy atom. The number of para-hydroxylation sites is 6. The standard InChI is InChI=1S/C74H44N6/c1-3-19-50(20-4-1)77-62-29-11-7-23-52(62)58-41-46(33-37-66(58)77)48-35-39-68-60(43-48)54-25-9-13-31-64(54)79(68)73-71-56-27-15-17-45-18-16-28-57(70(45)56)72(71)75-74(76-73)80-65-32-14-10-26-55(65)61-44-49(36-40-69(61)80)47-34-38-67-59(42-47)53-24-8-12-30-63(53)78(67)51-21-5-2-6-22-51/h1-44H. The van der Waals surface area contributed by atoms with Gasteiger partial charge in [0.15, 0.2) is 5.82 Å². The van der Waals surface area contributed by atoms with Gasteiger partial charge < -0.3 is 9.13 Å². The topological polar surface area (TPSA) is 45.5 Å². The molecule has 0 aliphatic heterocycles. The fraction of sp³-hybridized carbons (Fsp3) is 0. The maximum Gasteiger partial charge on any atom is 0.237 e. The predicted molar refractivity (Wildman–Crippen MR) is 332 cm³/mol. The lowest BCUT2D eigenvalue weighted by Gasteiger charge is -2.16. The van der Waals surface area contributed by atoms with Gasteiger partial charge in [0.25, 0.3) is 0 Å². The first-order valence-electron chi connectivity index (χ1n) is 27.4. The number of nitrogens with zero attached hydrogens (tertiary/aromatic N) is 6. The van der Waals surface area contributed by atoms with Crippen molar-refractivity contribution in [1.82, 2.24) is 28.2 Å². The summed E-state index contributed by atoms with van der Waals surface area (Å²) in [6.45, 7) is 0. The van der Waals surface area contributed by atoms with Crippen LogP contribution in [-0.2, 0) is 0 Å². The smallest absolute Gasteiger partial charge is 0.237 e. The van der Waals surface area contributed by atoms with Crippen molar-refractivity contribution in [2.75, 3.05) is 0 Å². The molecule has 0 saturated heterocycles. The second-order valence-corrected chi connectivity index (χ2v) is 21.3. The van der Waals surface area contributed by atoms with E-state index in [1.807, 2.05) is 0 Å². The molecule has 0 amide bonds. The average Bonchev–Trinajstić information content (AvgIpc) is 4.49. The van der Waals surface area contributed by atoms with Crippen molar-refractivity contribution in [3.63, 3.8) is 0 Å². The van der Waals surface area contributed by atoms with Crippen LogP contribution in [0.5, 0.6) is 0 Å². The summed E-state index contributed by atoms with van der Waals surface area (Å²) in [7, 11) is 0. The highest BCUT2D eigenvalue weighted by Gasteiger charge is 2.31. The molecule has 0 N–H and O–H groups in total. The zero-order valence-electron chi connectivity index (χ0n) is 43.1. The zero-order valence-corrected chi connectivity index (χ0v) is 43.1. The van der Waals surface area contributed by atoms with Crippen LogP contribution in [0.2, 0.25) is 0 Å². The molecule has 17 aromatic rings. The molecule has 6 nitrogen and oxygen atoms in total. The monoisotopic (exact) mass is 1020 g/mol. The van der Waals surface area contributed by atoms with Gasteiger partial charge in [-0.3, -0.25) is 9.13 Å². The number of hydrogen-bond donors (Lipinski definition) is 0. The van der Waals surface area contributed by atoms with Crippen LogP contribution in [0.4, 0.5) is 0 Å². The summed E-state index contributed by atoms with van der Waals surface area (Å²) in [5.41, 5.74) is 20.2. The third kappa shape index (κ3) is 6.01. The Balaban J connectivity index is 0.838. The Labute approximate surface area is 458 Å². The lowest BCUT2D eigenvalue weighted by molar-refractivity contribution is 0.957. The highest BCUT2D eigenvalue weighted by atomic mass is 15.2. The minimum Gasteiger partial charge on any atom is -0.309 e. The van der Waals surface area contributed by atoms with Gasteiger partial charge in [-0.05, 0) is 136 Å². The summed E-state index contributed by atoms with van der Waals surface area (Å²) in [6, 6.07) is 97.3. The Morgan fingerprint density at radius 3 is 1.07 bits per heavy atom. The molecule has 18 rings (SSSR count). The number of hydrogen-bond acceptors (Lipinski definition) is 2. The SMILES string of the molecule is c1ccc(-n2c3ccccc3c3cc(-c4ccc5c(c4)c4ccccc4n5-c4nc5c(c(-n6c7ccccc7c7cc(-c8ccc9c(c8)c8ccccc8n9-c8ccccc8)ccc76)n4)-c4cccc6cccc-5c46)ccc32)cc1. The van der Waals surface area contributed by atoms with Crippen LogP contribution in [-0.4, -0.2) is 28.2 Å². The van der Waals surface area contributed by atoms with Gasteiger partial charge in [-0.15, -0.1) is 0 Å². The Hall–Kier alpha value is -10.8. The van der Waals surface area contributed by atoms with Crippen LogP contribution in [0.1, 0.15) is 0 Å². The van der Waals surface area contributed by atoms with Crippen molar-refractivity contribution in [3.8, 4) is 67.8 Å². The molecule has 1 aliphatic rings. The first-order chi connectivity index (χ1) is 39.7. The molecular weight excluding hydrogens is 973 g/mol. The van der Waals surface area contributed by atoms with Gasteiger partial charge in [0, 0.05) is 60.0 Å². The third-order valence-corrected chi connectivity index (χ3v) is 17.1. The summed E-state index contributed by atoms with van der Waals surface area (Å²) in [4.78, 5) is 11.5. The molecule has 0 bridgehead atoms. The van der Waals surface area contributed by atoms with E-state index in [-0.39, 0.29) is 0 Å². The van der Waals surface area contributed by atoms with E-state index >= 15 is 0 Å². The second kappa shape index (κ2) is 16.4. The van der Waals surface area contributed by atoms with Crippen LogP contribution in [0.3, 0.4) is 0 Å². The highest BCUT2D eigenvalue weighted by molar-refractivity contribution is 6.19. The molecule has 0 unspecified atom stereocenters. The van der Waals surface area contributed by atoms with Gasteiger partial charge in [0.1, 0.15) is 0 Å². The summed E-state index contributed by atoms with van der Waals surface area (Å²) in [5, 5.41) is 12.0. The molecule has 0 fully saturated rings. The van der Waals surface area contributed by atoms with E-state index in [0.717, 1.165) is 83.5 Å². The first-order valence-corrected chi connectivity index (χ1v) is 27.4. The average molecular weight is 1020 g/mol. The highest BCUT2D eigenvalue weighted by Crippen LogP contribution is 2.51. The Bertz CT molecular complexity index is 5480. The van der Waals surface area contributed by atoms with Crippen LogP contribution >= 0.6 is 0 Å². The van der Waals surface area contributed by atoms with Gasteiger partial charge in [-0.1, -0.05) is 170 Å². The summed E-state index contributed by atoms with van der Waals surface area (Å²) < 4.78 is 9.44. The fourth-order valence-corrected chi connectivity index (χ4v) is 13.7. The molecule has 370 valence electrons. The largest absolute Gasteiger partial charge is 0.309 e. The van der Waals surface area contributed by atoms with E-state index in [4.69, 9.17) is 9.97 Å². The second-order valence-electron chi connectivity index (χ2n) is 21.3. The van der Waals surface area contributed by atoms with Crippen molar-refractivity contribution < 1.29 is 0 Å². The maximum absolute atomic E-state index is 5.85. The number of aromatic nitrogens is 6. The van der Waals surface area contributed by atoms with E-state index in [2.05, 4.69) is 285 Å². The van der Waals surface area contributed by atoms with E-state index in [1.165, 1.54) is 76.3 Å². The molecule has 5 aromatic heterocycles. The van der Waals surface area contributed by atoms with Crippen molar-refractivity contribution in [2.24, 2.45) is 0 Å². The molecule has 0 atom stereocenters. The van der Waals surface area contributed by atoms with Crippen LogP contribution in [0, 0.1) is 0 Å². The van der Waals surface area contributed by atoms with Gasteiger partial charge in [0.2, 0.25) is 5.95 Å². The van der Waals surface area contributed by atoms with E-state index in [0.29, 0.717) is 5.95 Å². The summed E-state index contributed by atoms with van der Waals surface area (Å²) in [6.07, 6.45) is 0. The molecule has 0 radical (unpaired) electrons. The van der Waals surface area contributed by atoms with Crippen molar-refractivity contribution in [3.05, 3.63) is 267 Å². The van der Waals surface area contributed by atoms with Crippen molar-refractivity contribution in [2.45, 2.75) is 0 Å². The van der Waals surface area contributed by atoms with Gasteiger partial charge in [0.05, 0.1) is 55.4 Å². The first kappa shape index (κ1) is 43.3. The lowest BCUT2D eigenvalue weighted by atomic mass is 10.0. The number of rotatable bonds is 6. The lowest BCUT2D eigenvalue weighted by Crippen LogP contribution is -2.08. The normalized spacial score (nSPS) is 12.2. The van der Waals surface area contributed by atoms with Crippen molar-refractivity contribution in [1.29, 1.82) is 0 Å². The molecule has 5 heterocycles. The minimum atomic E-state index is 0.628. The van der Waals surface area contributed by atoms with Crippen LogP contribution < -0.4 is 0 Å². The predicted octanol–water partition coefficient (Wildman–Crippen LogP) is 19.0. The molecule has 0 saturated carbocycles. The van der Waals surface area contributed by atoms with Gasteiger partial charge >= 0.3 is 0 Å². The molecule has 6 heteroatoms. The van der Waals surface area contributed by atoms with Gasteiger partial charge in [-0.25, -0.2) is 4.98 Å². The summed E-state index contributed by atoms with van der Waals surface area (Å²) in [5.74, 6) is 1.48. The number of benzene rings is 12. The van der Waals surface area contributed by atoms with E-state index < -0.39 is 0 Å². The quantitative estimate of drug-likeness (QED) is 0.167. The van der Waals surface area contributed by atoms with Crippen molar-refractivity contribution >= 4 is 98.0 Å². The molecule has 12 aromatic carbocycles. The minimum absolute atomic E-state index is 0.628. The molecule has 0 spiro atoms. The number of fused-ring (bicyclic) bond motifs is 15. The Kier molecular flexibility index (Phi) is 8.85. The van der Waals surface area contributed by atoms with Crippen LogP contribution in [0.25, 0.3) is 166 Å². The Morgan fingerprint density at radius 1 is 0.250 bits per heavy atom. The zero-order chi connectivity index (χ0) is 52.2. The van der Waals surface area contributed by atoms with E-state index in [9.17, 15) is 0 Å². The fourth-order valence-electron chi connectivity index (χ4n) is 13.7. The molecule has 80 heavy (non-hydrogen) atoms. The molecular formula is C74H44N6. The molecule has 1 aliphatic carbocycles.